The zero-order valence-electron chi connectivity index (χ0n) is 12.4. The molecule has 4 heteroatoms. The number of carbonyl (C=O) groups excluding carboxylic acids is 1. The SMILES string of the molecule is COc1cccc2c1C(OC(C)=O)(c1cccc[n+]1C)C2. The van der Waals surface area contributed by atoms with Gasteiger partial charge < -0.3 is 9.47 Å². The van der Waals surface area contributed by atoms with Crippen molar-refractivity contribution in [1.29, 1.82) is 0 Å². The van der Waals surface area contributed by atoms with Crippen molar-refractivity contribution < 1.29 is 18.8 Å². The summed E-state index contributed by atoms with van der Waals surface area (Å²) >= 11 is 0. The standard InChI is InChI=1S/C17H18NO3/c1-12(19)21-17(15-9-4-5-10-18(15)2)11-13-7-6-8-14(20-3)16(13)17/h4-10H,11H2,1-3H3/q+1. The van der Waals surface area contributed by atoms with E-state index in [9.17, 15) is 4.79 Å². The number of benzene rings is 1. The van der Waals surface area contributed by atoms with Crippen molar-refractivity contribution in [3.05, 3.63) is 59.4 Å². The Morgan fingerprint density at radius 2 is 2.05 bits per heavy atom. The maximum atomic E-state index is 11.7. The van der Waals surface area contributed by atoms with Gasteiger partial charge in [-0.15, -0.1) is 0 Å². The number of hydrogen-bond acceptors (Lipinski definition) is 3. The van der Waals surface area contributed by atoms with Crippen LogP contribution in [0, 0.1) is 0 Å². The number of nitrogens with zero attached hydrogens (tertiary/aromatic N) is 1. The number of pyridine rings is 1. The molecule has 108 valence electrons. The van der Waals surface area contributed by atoms with E-state index in [-0.39, 0.29) is 5.97 Å². The number of esters is 1. The van der Waals surface area contributed by atoms with Crippen LogP contribution in [0.4, 0.5) is 0 Å². The number of fused-ring (bicyclic) bond motifs is 1. The molecule has 0 amide bonds. The van der Waals surface area contributed by atoms with Crippen LogP contribution in [0.1, 0.15) is 23.7 Å². The van der Waals surface area contributed by atoms with Gasteiger partial charge >= 0.3 is 5.97 Å². The van der Waals surface area contributed by atoms with E-state index in [1.807, 2.05) is 54.2 Å². The number of rotatable bonds is 3. The fourth-order valence-electron chi connectivity index (χ4n) is 3.15. The normalized spacial score (nSPS) is 19.4. The van der Waals surface area contributed by atoms with Gasteiger partial charge in [0.2, 0.25) is 11.3 Å². The summed E-state index contributed by atoms with van der Waals surface area (Å²) in [4.78, 5) is 11.7. The molecule has 21 heavy (non-hydrogen) atoms. The molecule has 1 heterocycles. The first kappa shape index (κ1) is 13.6. The molecule has 1 atom stereocenters. The molecule has 0 fully saturated rings. The maximum Gasteiger partial charge on any atom is 0.304 e. The second kappa shape index (κ2) is 4.88. The molecule has 0 saturated carbocycles. The lowest BCUT2D eigenvalue weighted by Gasteiger charge is -2.41. The minimum absolute atomic E-state index is 0.296. The van der Waals surface area contributed by atoms with Gasteiger partial charge in [0, 0.05) is 25.5 Å². The molecule has 0 spiro atoms. The van der Waals surface area contributed by atoms with E-state index in [0.29, 0.717) is 6.42 Å². The molecule has 3 rings (SSSR count). The predicted molar refractivity (Wildman–Crippen MR) is 76.9 cm³/mol. The Balaban J connectivity index is 2.22. The largest absolute Gasteiger partial charge is 0.496 e. The third-order valence-electron chi connectivity index (χ3n) is 3.96. The molecule has 1 unspecified atom stereocenters. The van der Waals surface area contributed by atoms with Crippen LogP contribution in [0.5, 0.6) is 5.75 Å². The molecule has 0 radical (unpaired) electrons. The molecule has 1 aliphatic carbocycles. The Kier molecular flexibility index (Phi) is 3.16. The van der Waals surface area contributed by atoms with Gasteiger partial charge in [0.25, 0.3) is 0 Å². The average Bonchev–Trinajstić information content (AvgIpc) is 2.44. The molecular weight excluding hydrogens is 266 g/mol. The van der Waals surface area contributed by atoms with Crippen LogP contribution in [0.25, 0.3) is 0 Å². The molecule has 0 aliphatic heterocycles. The maximum absolute atomic E-state index is 11.7. The van der Waals surface area contributed by atoms with Crippen LogP contribution in [0.2, 0.25) is 0 Å². The second-order valence-electron chi connectivity index (χ2n) is 5.29. The number of aromatic nitrogens is 1. The lowest BCUT2D eigenvalue weighted by molar-refractivity contribution is -0.685. The van der Waals surface area contributed by atoms with Gasteiger partial charge in [-0.3, -0.25) is 4.79 Å². The third-order valence-corrected chi connectivity index (χ3v) is 3.96. The zero-order chi connectivity index (χ0) is 15.0. The number of carbonyl (C=O) groups is 1. The summed E-state index contributed by atoms with van der Waals surface area (Å²) in [5.41, 5.74) is 2.28. The smallest absolute Gasteiger partial charge is 0.304 e. The molecule has 0 saturated heterocycles. The van der Waals surface area contributed by atoms with Crippen LogP contribution in [0.15, 0.2) is 42.6 Å². The quantitative estimate of drug-likeness (QED) is 0.638. The Bertz CT molecular complexity index is 711. The minimum Gasteiger partial charge on any atom is -0.496 e. The molecule has 1 aliphatic rings. The van der Waals surface area contributed by atoms with Gasteiger partial charge in [-0.1, -0.05) is 12.1 Å². The molecule has 1 aromatic heterocycles. The van der Waals surface area contributed by atoms with Gasteiger partial charge in [0.1, 0.15) is 12.8 Å². The van der Waals surface area contributed by atoms with Gasteiger partial charge in [-0.2, -0.15) is 0 Å². The van der Waals surface area contributed by atoms with Crippen molar-refractivity contribution in [3.63, 3.8) is 0 Å². The van der Waals surface area contributed by atoms with E-state index in [2.05, 4.69) is 0 Å². The molecule has 0 N–H and O–H groups in total. The van der Waals surface area contributed by atoms with Crippen LogP contribution in [-0.4, -0.2) is 13.1 Å². The Morgan fingerprint density at radius 3 is 2.71 bits per heavy atom. The highest BCUT2D eigenvalue weighted by molar-refractivity contribution is 5.69. The summed E-state index contributed by atoms with van der Waals surface area (Å²) in [7, 11) is 3.59. The first-order chi connectivity index (χ1) is 10.1. The Labute approximate surface area is 123 Å². The predicted octanol–water partition coefficient (Wildman–Crippen LogP) is 1.88. The minimum atomic E-state index is -0.760. The Hall–Kier alpha value is -2.36. The zero-order valence-corrected chi connectivity index (χ0v) is 12.4. The fraction of sp³-hybridized carbons (Fsp3) is 0.294. The molecule has 2 aromatic rings. The van der Waals surface area contributed by atoms with E-state index in [1.165, 1.54) is 6.92 Å². The summed E-state index contributed by atoms with van der Waals surface area (Å²) in [6, 6.07) is 11.8. The fourth-order valence-corrected chi connectivity index (χ4v) is 3.15. The number of aryl methyl sites for hydroxylation is 1. The van der Waals surface area contributed by atoms with E-state index in [4.69, 9.17) is 9.47 Å². The number of methoxy groups -OCH3 is 1. The highest BCUT2D eigenvalue weighted by Gasteiger charge is 2.54. The lowest BCUT2D eigenvalue weighted by atomic mass is 9.70. The van der Waals surface area contributed by atoms with Crippen molar-refractivity contribution in [2.75, 3.05) is 7.11 Å². The van der Waals surface area contributed by atoms with Crippen LogP contribution in [-0.2, 0) is 28.6 Å². The number of ether oxygens (including phenoxy) is 2. The summed E-state index contributed by atoms with van der Waals surface area (Å²) < 4.78 is 13.2. The van der Waals surface area contributed by atoms with Gasteiger partial charge in [0.15, 0.2) is 6.20 Å². The second-order valence-corrected chi connectivity index (χ2v) is 5.29. The monoisotopic (exact) mass is 284 g/mol. The van der Waals surface area contributed by atoms with Gasteiger partial charge in [-0.05, 0) is 17.7 Å². The topological polar surface area (TPSA) is 39.4 Å². The van der Waals surface area contributed by atoms with Crippen LogP contribution in [0.3, 0.4) is 0 Å². The van der Waals surface area contributed by atoms with Crippen molar-refractivity contribution >= 4 is 5.97 Å². The lowest BCUT2D eigenvalue weighted by Crippen LogP contribution is -2.52. The van der Waals surface area contributed by atoms with Crippen molar-refractivity contribution in [2.24, 2.45) is 7.05 Å². The first-order valence-electron chi connectivity index (χ1n) is 6.89. The molecule has 1 aromatic carbocycles. The average molecular weight is 284 g/mol. The summed E-state index contributed by atoms with van der Waals surface area (Å²) in [5, 5.41) is 0. The van der Waals surface area contributed by atoms with Crippen molar-refractivity contribution in [1.82, 2.24) is 0 Å². The molecule has 4 nitrogen and oxygen atoms in total. The van der Waals surface area contributed by atoms with E-state index >= 15 is 0 Å². The van der Waals surface area contributed by atoms with Crippen molar-refractivity contribution in [3.8, 4) is 5.75 Å². The first-order valence-corrected chi connectivity index (χ1v) is 6.89. The third kappa shape index (κ3) is 1.98. The van der Waals surface area contributed by atoms with E-state index in [0.717, 1.165) is 22.6 Å². The van der Waals surface area contributed by atoms with Crippen molar-refractivity contribution in [2.45, 2.75) is 18.9 Å². The van der Waals surface area contributed by atoms with Crippen LogP contribution >= 0.6 is 0 Å². The highest BCUT2D eigenvalue weighted by Crippen LogP contribution is 2.50. The molecule has 0 bridgehead atoms. The van der Waals surface area contributed by atoms with E-state index < -0.39 is 5.60 Å². The Morgan fingerprint density at radius 1 is 1.24 bits per heavy atom. The van der Waals surface area contributed by atoms with Crippen LogP contribution < -0.4 is 9.30 Å². The molecular formula is C17H18NO3+. The number of hydrogen-bond donors (Lipinski definition) is 0. The summed E-state index contributed by atoms with van der Waals surface area (Å²) in [6.45, 7) is 1.44. The summed E-state index contributed by atoms with van der Waals surface area (Å²) in [5.74, 6) is 0.458. The van der Waals surface area contributed by atoms with Gasteiger partial charge in [-0.25, -0.2) is 4.57 Å². The highest BCUT2D eigenvalue weighted by atomic mass is 16.6. The van der Waals surface area contributed by atoms with Gasteiger partial charge in [0.05, 0.1) is 12.7 Å². The summed E-state index contributed by atoms with van der Waals surface area (Å²) in [6.07, 6.45) is 2.62. The van der Waals surface area contributed by atoms with E-state index in [1.54, 1.807) is 7.11 Å².